The Morgan fingerprint density at radius 3 is 2.50 bits per heavy atom. The van der Waals surface area contributed by atoms with Crippen LogP contribution in [0.2, 0.25) is 5.02 Å². The highest BCUT2D eigenvalue weighted by molar-refractivity contribution is 6.30. The normalized spacial score (nSPS) is 23.8. The van der Waals surface area contributed by atoms with Crippen molar-refractivity contribution in [3.05, 3.63) is 64.6 Å². The molecule has 0 amide bonds. The van der Waals surface area contributed by atoms with Gasteiger partial charge in [0.05, 0.1) is 18.4 Å². The molecule has 2 aromatic heterocycles. The molecule has 10 heteroatoms. The first-order valence-corrected chi connectivity index (χ1v) is 12.7. The second-order valence-corrected chi connectivity index (χ2v) is 11.9. The molecule has 0 radical (unpaired) electrons. The van der Waals surface area contributed by atoms with Gasteiger partial charge >= 0.3 is 0 Å². The number of fused-ring (bicyclic) bond motifs is 3. The van der Waals surface area contributed by atoms with Crippen molar-refractivity contribution in [2.75, 3.05) is 18.0 Å². The van der Waals surface area contributed by atoms with Crippen molar-refractivity contribution in [2.24, 2.45) is 5.41 Å². The van der Waals surface area contributed by atoms with E-state index in [2.05, 4.69) is 29.5 Å². The molecule has 4 heterocycles. The van der Waals surface area contributed by atoms with E-state index >= 15 is 0 Å². The highest BCUT2D eigenvalue weighted by atomic mass is 35.5. The van der Waals surface area contributed by atoms with Crippen LogP contribution in [0.15, 0.2) is 36.5 Å². The van der Waals surface area contributed by atoms with Gasteiger partial charge in [-0.2, -0.15) is 0 Å². The summed E-state index contributed by atoms with van der Waals surface area (Å²) in [6, 6.07) is 8.97. The maximum Gasteiger partial charge on any atom is 0.251 e. The molecular formula is C26H26ClF3N6. The van der Waals surface area contributed by atoms with Crippen molar-refractivity contribution in [2.45, 2.75) is 63.1 Å². The fourth-order valence-electron chi connectivity index (χ4n) is 6.87. The summed E-state index contributed by atoms with van der Waals surface area (Å²) in [6.45, 7) is 4.72. The Bertz CT molecular complexity index is 1330. The van der Waals surface area contributed by atoms with Gasteiger partial charge in [0.15, 0.2) is 5.82 Å². The first-order valence-electron chi connectivity index (χ1n) is 12.3. The Morgan fingerprint density at radius 2 is 1.81 bits per heavy atom. The van der Waals surface area contributed by atoms with E-state index in [9.17, 15) is 13.2 Å². The van der Waals surface area contributed by atoms with E-state index in [0.717, 1.165) is 54.6 Å². The third kappa shape index (κ3) is 3.46. The number of hydrogen-bond acceptors (Lipinski definition) is 5. The molecule has 3 aromatic rings. The van der Waals surface area contributed by atoms with Crippen LogP contribution in [-0.2, 0) is 13.1 Å². The van der Waals surface area contributed by atoms with Crippen molar-refractivity contribution in [3.8, 4) is 5.69 Å². The average Bonchev–Trinajstić information content (AvgIpc) is 3.06. The molecule has 7 rings (SSSR count). The van der Waals surface area contributed by atoms with E-state index in [1.54, 1.807) is 6.07 Å². The van der Waals surface area contributed by atoms with Crippen molar-refractivity contribution in [1.82, 2.24) is 24.6 Å². The monoisotopic (exact) mass is 514 g/mol. The lowest BCUT2D eigenvalue weighted by molar-refractivity contribution is -0.173. The lowest BCUT2D eigenvalue weighted by atomic mass is 9.57. The zero-order valence-electron chi connectivity index (χ0n) is 19.9. The molecule has 1 aromatic carbocycles. The molecule has 4 aliphatic rings. The lowest BCUT2D eigenvalue weighted by Crippen LogP contribution is -2.62. The highest BCUT2D eigenvalue weighted by Gasteiger charge is 2.57. The minimum Gasteiger partial charge on any atom is -0.355 e. The van der Waals surface area contributed by atoms with Gasteiger partial charge in [0.25, 0.3) is 5.92 Å². The predicted molar refractivity (Wildman–Crippen MR) is 129 cm³/mol. The van der Waals surface area contributed by atoms with Crippen LogP contribution in [0.1, 0.15) is 55.7 Å². The van der Waals surface area contributed by atoms with Crippen LogP contribution >= 0.6 is 11.6 Å². The second-order valence-electron chi connectivity index (χ2n) is 11.4. The molecule has 1 spiro atoms. The third-order valence-electron chi connectivity index (χ3n) is 8.59. The van der Waals surface area contributed by atoms with Gasteiger partial charge in [-0.15, -0.1) is 10.2 Å². The van der Waals surface area contributed by atoms with E-state index in [1.165, 1.54) is 12.3 Å². The Labute approximate surface area is 212 Å². The van der Waals surface area contributed by atoms with E-state index in [-0.39, 0.29) is 30.0 Å². The Hall–Kier alpha value is -2.65. The number of pyridine rings is 1. The Kier molecular flexibility index (Phi) is 4.66. The minimum absolute atomic E-state index is 0.151. The summed E-state index contributed by atoms with van der Waals surface area (Å²) in [5, 5.41) is 9.80. The SMILES string of the molecule is CC1(N2Cc3cc(Cl)ccc3-n3c(nnc3C3CC4(C3)CN(c3ccc(F)cn3)C4)C2)CC(F)(F)C1. The summed E-state index contributed by atoms with van der Waals surface area (Å²) in [5.41, 5.74) is 1.62. The average molecular weight is 515 g/mol. The zero-order valence-corrected chi connectivity index (χ0v) is 20.6. The molecule has 2 aliphatic carbocycles. The predicted octanol–water partition coefficient (Wildman–Crippen LogP) is 5.34. The quantitative estimate of drug-likeness (QED) is 0.472. The van der Waals surface area contributed by atoms with Crippen molar-refractivity contribution < 1.29 is 13.2 Å². The standard InChI is InChI=1S/C26H26ClF3N6/c1-24(12-26(29,30)13-24)35-10-16-6-18(27)2-4-20(16)36-22(11-35)32-33-23(36)17-7-25(8-17)14-34(15-25)21-5-3-19(28)9-31-21/h2-6,9,17H,7-8,10-15H2,1H3. The molecule has 2 saturated carbocycles. The van der Waals surface area contributed by atoms with Crippen molar-refractivity contribution in [1.29, 1.82) is 0 Å². The van der Waals surface area contributed by atoms with Gasteiger partial charge in [-0.25, -0.2) is 18.2 Å². The molecular weight excluding hydrogens is 489 g/mol. The summed E-state index contributed by atoms with van der Waals surface area (Å²) in [6.07, 6.45) is 2.95. The molecule has 6 nitrogen and oxygen atoms in total. The van der Waals surface area contributed by atoms with Gasteiger partial charge in [-0.3, -0.25) is 9.47 Å². The van der Waals surface area contributed by atoms with Crippen molar-refractivity contribution in [3.63, 3.8) is 0 Å². The van der Waals surface area contributed by atoms with Crippen LogP contribution in [0.3, 0.4) is 0 Å². The largest absolute Gasteiger partial charge is 0.355 e. The van der Waals surface area contributed by atoms with Crippen LogP contribution < -0.4 is 4.90 Å². The van der Waals surface area contributed by atoms with Gasteiger partial charge in [0, 0.05) is 54.4 Å². The molecule has 0 atom stereocenters. The van der Waals surface area contributed by atoms with Crippen LogP contribution in [0.25, 0.3) is 5.69 Å². The third-order valence-corrected chi connectivity index (χ3v) is 8.82. The number of alkyl halides is 2. The fraction of sp³-hybridized carbons (Fsp3) is 0.500. The number of benzene rings is 1. The number of halogens is 4. The minimum atomic E-state index is -2.61. The molecule has 1 saturated heterocycles. The Balaban J connectivity index is 1.14. The number of anilines is 1. The number of rotatable bonds is 3. The van der Waals surface area contributed by atoms with E-state index in [0.29, 0.717) is 18.1 Å². The summed E-state index contributed by atoms with van der Waals surface area (Å²) >= 11 is 6.35. The van der Waals surface area contributed by atoms with E-state index < -0.39 is 11.5 Å². The molecule has 188 valence electrons. The number of aromatic nitrogens is 4. The zero-order chi connectivity index (χ0) is 24.9. The fourth-order valence-corrected chi connectivity index (χ4v) is 7.06. The van der Waals surface area contributed by atoms with Gasteiger partial charge in [-0.05, 0) is 55.7 Å². The Morgan fingerprint density at radius 1 is 1.03 bits per heavy atom. The first-order chi connectivity index (χ1) is 17.1. The van der Waals surface area contributed by atoms with Gasteiger partial charge < -0.3 is 4.90 Å². The summed E-state index contributed by atoms with van der Waals surface area (Å²) in [4.78, 5) is 8.50. The van der Waals surface area contributed by atoms with E-state index in [4.69, 9.17) is 11.6 Å². The molecule has 3 fully saturated rings. The lowest BCUT2D eigenvalue weighted by Gasteiger charge is -2.59. The van der Waals surface area contributed by atoms with E-state index in [1.807, 2.05) is 25.1 Å². The number of hydrogen-bond donors (Lipinski definition) is 0. The highest BCUT2D eigenvalue weighted by Crippen LogP contribution is 2.57. The molecule has 0 N–H and O–H groups in total. The topological polar surface area (TPSA) is 50.1 Å². The van der Waals surface area contributed by atoms with Crippen LogP contribution in [0, 0.1) is 11.2 Å². The van der Waals surface area contributed by atoms with Gasteiger partial charge in [0.1, 0.15) is 17.5 Å². The molecule has 2 aliphatic heterocycles. The van der Waals surface area contributed by atoms with Crippen LogP contribution in [-0.4, -0.2) is 49.2 Å². The van der Waals surface area contributed by atoms with Crippen LogP contribution in [0.5, 0.6) is 0 Å². The van der Waals surface area contributed by atoms with Crippen molar-refractivity contribution >= 4 is 17.4 Å². The molecule has 0 bridgehead atoms. The molecule has 0 unspecified atom stereocenters. The smallest absolute Gasteiger partial charge is 0.251 e. The summed E-state index contributed by atoms with van der Waals surface area (Å²) < 4.78 is 43.1. The second kappa shape index (κ2) is 7.44. The summed E-state index contributed by atoms with van der Waals surface area (Å²) in [7, 11) is 0. The first kappa shape index (κ1) is 22.5. The maximum absolute atomic E-state index is 13.9. The maximum atomic E-state index is 13.9. The number of nitrogens with zero attached hydrogens (tertiary/aromatic N) is 6. The van der Waals surface area contributed by atoms with Gasteiger partial charge in [-0.1, -0.05) is 11.6 Å². The van der Waals surface area contributed by atoms with Gasteiger partial charge in [0.2, 0.25) is 0 Å². The van der Waals surface area contributed by atoms with Crippen LogP contribution in [0.4, 0.5) is 19.0 Å². The summed E-state index contributed by atoms with van der Waals surface area (Å²) in [5.74, 6) is -0.142. The molecule has 36 heavy (non-hydrogen) atoms.